The second-order valence-electron chi connectivity index (χ2n) is 8.77. The van der Waals surface area contributed by atoms with Gasteiger partial charge < -0.3 is 9.47 Å². The third-order valence-corrected chi connectivity index (χ3v) is 6.49. The van der Waals surface area contributed by atoms with Crippen LogP contribution >= 0.6 is 0 Å². The quantitative estimate of drug-likeness (QED) is 0.350. The first-order valence-corrected chi connectivity index (χ1v) is 10.9. The fourth-order valence-corrected chi connectivity index (χ4v) is 4.23. The van der Waals surface area contributed by atoms with E-state index in [4.69, 9.17) is 9.47 Å². The van der Waals surface area contributed by atoms with Crippen LogP contribution in [0.3, 0.4) is 0 Å². The Morgan fingerprint density at radius 1 is 0.933 bits per heavy atom. The van der Waals surface area contributed by atoms with Crippen molar-refractivity contribution >= 4 is 16.7 Å². The van der Waals surface area contributed by atoms with E-state index in [1.807, 2.05) is 45.0 Å². The fraction of sp³-hybridized carbons (Fsp3) is 0.370. The van der Waals surface area contributed by atoms with Crippen LogP contribution < -0.4 is 9.47 Å². The molecule has 0 bridgehead atoms. The summed E-state index contributed by atoms with van der Waals surface area (Å²) in [4.78, 5) is 13.0. The van der Waals surface area contributed by atoms with Crippen LogP contribution in [0.15, 0.2) is 48.5 Å². The standard InChI is InChI=1S/C27H30O3/c1-5-27(2,3)26(28)30-23-17-15-19-11-7-9-13-21(19)25(23)24-20-12-8-6-10-18(20)14-16-22(24)29-4/h6,8,10,12,14-17H,5,7,9,11,13H2,1-4H3. The van der Waals surface area contributed by atoms with Gasteiger partial charge in [-0.25, -0.2) is 0 Å². The van der Waals surface area contributed by atoms with Crippen LogP contribution in [0.4, 0.5) is 0 Å². The maximum Gasteiger partial charge on any atom is 0.316 e. The van der Waals surface area contributed by atoms with Gasteiger partial charge in [0, 0.05) is 11.1 Å². The Labute approximate surface area is 179 Å². The molecule has 3 aromatic carbocycles. The van der Waals surface area contributed by atoms with E-state index in [0.29, 0.717) is 5.75 Å². The van der Waals surface area contributed by atoms with Crippen molar-refractivity contribution < 1.29 is 14.3 Å². The van der Waals surface area contributed by atoms with E-state index in [0.717, 1.165) is 53.3 Å². The van der Waals surface area contributed by atoms with Gasteiger partial charge in [0.2, 0.25) is 0 Å². The van der Waals surface area contributed by atoms with Gasteiger partial charge in [0.1, 0.15) is 11.5 Å². The minimum atomic E-state index is -0.532. The number of benzene rings is 3. The van der Waals surface area contributed by atoms with Crippen LogP contribution in [0.1, 0.15) is 51.2 Å². The number of rotatable bonds is 5. The van der Waals surface area contributed by atoms with Crippen molar-refractivity contribution in [2.24, 2.45) is 5.41 Å². The minimum absolute atomic E-state index is 0.193. The summed E-state index contributed by atoms with van der Waals surface area (Å²) in [6, 6.07) is 16.5. The largest absolute Gasteiger partial charge is 0.496 e. The molecule has 4 rings (SSSR count). The lowest BCUT2D eigenvalue weighted by atomic mass is 9.83. The monoisotopic (exact) mass is 402 g/mol. The van der Waals surface area contributed by atoms with Crippen molar-refractivity contribution in [1.82, 2.24) is 0 Å². The van der Waals surface area contributed by atoms with E-state index in [1.165, 1.54) is 17.5 Å². The molecule has 0 atom stereocenters. The molecule has 3 aromatic rings. The van der Waals surface area contributed by atoms with Crippen molar-refractivity contribution in [1.29, 1.82) is 0 Å². The first kappa shape index (κ1) is 20.5. The SMILES string of the molecule is CCC(C)(C)C(=O)Oc1ccc2c(c1-c1c(OC)ccc3ccccc13)CCCC2. The van der Waals surface area contributed by atoms with Crippen molar-refractivity contribution in [3.63, 3.8) is 0 Å². The molecule has 156 valence electrons. The van der Waals surface area contributed by atoms with E-state index < -0.39 is 5.41 Å². The molecular weight excluding hydrogens is 372 g/mol. The van der Waals surface area contributed by atoms with Gasteiger partial charge in [-0.1, -0.05) is 43.3 Å². The molecule has 0 aliphatic heterocycles. The summed E-state index contributed by atoms with van der Waals surface area (Å²) in [6.07, 6.45) is 5.11. The molecule has 0 saturated heterocycles. The summed E-state index contributed by atoms with van der Waals surface area (Å²) < 4.78 is 11.9. The van der Waals surface area contributed by atoms with Crippen LogP contribution in [-0.2, 0) is 17.6 Å². The lowest BCUT2D eigenvalue weighted by molar-refractivity contribution is -0.144. The number of hydrogen-bond acceptors (Lipinski definition) is 3. The maximum atomic E-state index is 13.0. The predicted octanol–water partition coefficient (Wildman–Crippen LogP) is 6.74. The average Bonchev–Trinajstić information content (AvgIpc) is 2.78. The smallest absolute Gasteiger partial charge is 0.316 e. The van der Waals surface area contributed by atoms with E-state index in [1.54, 1.807) is 7.11 Å². The van der Waals surface area contributed by atoms with Gasteiger partial charge in [0.25, 0.3) is 0 Å². The molecule has 0 fully saturated rings. The molecule has 0 amide bonds. The highest BCUT2D eigenvalue weighted by Crippen LogP contribution is 2.46. The number of ether oxygens (including phenoxy) is 2. The van der Waals surface area contributed by atoms with Crippen LogP contribution in [-0.4, -0.2) is 13.1 Å². The van der Waals surface area contributed by atoms with Crippen LogP contribution in [0.5, 0.6) is 11.5 Å². The molecule has 0 spiro atoms. The third-order valence-electron chi connectivity index (χ3n) is 6.49. The normalized spacial score (nSPS) is 13.7. The molecular formula is C27H30O3. The molecule has 0 N–H and O–H groups in total. The third kappa shape index (κ3) is 3.58. The number of methoxy groups -OCH3 is 1. The highest BCUT2D eigenvalue weighted by molar-refractivity contribution is 6.02. The van der Waals surface area contributed by atoms with Gasteiger partial charge >= 0.3 is 5.97 Å². The molecule has 1 aliphatic rings. The summed E-state index contributed by atoms with van der Waals surface area (Å²) in [7, 11) is 1.70. The zero-order chi connectivity index (χ0) is 21.3. The summed E-state index contributed by atoms with van der Waals surface area (Å²) in [6.45, 7) is 5.89. The minimum Gasteiger partial charge on any atom is -0.496 e. The molecule has 3 nitrogen and oxygen atoms in total. The fourth-order valence-electron chi connectivity index (χ4n) is 4.23. The van der Waals surface area contributed by atoms with Gasteiger partial charge in [-0.2, -0.15) is 0 Å². The molecule has 0 heterocycles. The summed E-state index contributed by atoms with van der Waals surface area (Å²) >= 11 is 0. The Hall–Kier alpha value is -2.81. The zero-order valence-corrected chi connectivity index (χ0v) is 18.4. The van der Waals surface area contributed by atoms with Crippen LogP contribution in [0.25, 0.3) is 21.9 Å². The van der Waals surface area contributed by atoms with Crippen molar-refractivity contribution in [3.05, 3.63) is 59.7 Å². The Balaban J connectivity index is 1.99. The number of aryl methyl sites for hydroxylation is 1. The van der Waals surface area contributed by atoms with E-state index in [2.05, 4.69) is 24.3 Å². The first-order valence-electron chi connectivity index (χ1n) is 10.9. The van der Waals surface area contributed by atoms with E-state index in [-0.39, 0.29) is 5.97 Å². The number of carbonyl (C=O) groups excluding carboxylic acids is 1. The topological polar surface area (TPSA) is 35.5 Å². The average molecular weight is 403 g/mol. The highest BCUT2D eigenvalue weighted by atomic mass is 16.5. The molecule has 0 unspecified atom stereocenters. The maximum absolute atomic E-state index is 13.0. The van der Waals surface area contributed by atoms with Crippen LogP contribution in [0, 0.1) is 5.41 Å². The molecule has 0 aromatic heterocycles. The van der Waals surface area contributed by atoms with Gasteiger partial charge in [0.15, 0.2) is 0 Å². The lowest BCUT2D eigenvalue weighted by Gasteiger charge is -2.26. The van der Waals surface area contributed by atoms with Crippen molar-refractivity contribution in [3.8, 4) is 22.6 Å². The van der Waals surface area contributed by atoms with E-state index >= 15 is 0 Å². The predicted molar refractivity (Wildman–Crippen MR) is 122 cm³/mol. The summed E-state index contributed by atoms with van der Waals surface area (Å²) in [5.41, 5.74) is 4.14. The Bertz CT molecular complexity index is 1090. The second kappa shape index (κ2) is 8.14. The van der Waals surface area contributed by atoms with Gasteiger partial charge in [-0.15, -0.1) is 0 Å². The molecule has 30 heavy (non-hydrogen) atoms. The summed E-state index contributed by atoms with van der Waals surface area (Å²) in [5, 5.41) is 2.26. The molecule has 0 saturated carbocycles. The molecule has 1 aliphatic carbocycles. The highest BCUT2D eigenvalue weighted by Gasteiger charge is 2.30. The number of carbonyl (C=O) groups is 1. The Morgan fingerprint density at radius 2 is 1.67 bits per heavy atom. The number of fused-ring (bicyclic) bond motifs is 2. The summed E-state index contributed by atoms with van der Waals surface area (Å²) in [5.74, 6) is 1.25. The first-order chi connectivity index (χ1) is 14.5. The van der Waals surface area contributed by atoms with E-state index in [9.17, 15) is 4.79 Å². The lowest BCUT2D eigenvalue weighted by Crippen LogP contribution is -2.28. The van der Waals surface area contributed by atoms with Gasteiger partial charge in [-0.3, -0.25) is 4.79 Å². The molecule has 3 heteroatoms. The van der Waals surface area contributed by atoms with Gasteiger partial charge in [-0.05, 0) is 80.0 Å². The van der Waals surface area contributed by atoms with Crippen LogP contribution in [0.2, 0.25) is 0 Å². The number of hydrogen-bond donors (Lipinski definition) is 0. The second-order valence-corrected chi connectivity index (χ2v) is 8.77. The van der Waals surface area contributed by atoms with Gasteiger partial charge in [0.05, 0.1) is 12.5 Å². The Kier molecular flexibility index (Phi) is 5.55. The van der Waals surface area contributed by atoms with Crippen molar-refractivity contribution in [2.75, 3.05) is 7.11 Å². The number of esters is 1. The van der Waals surface area contributed by atoms with Crippen molar-refractivity contribution in [2.45, 2.75) is 52.9 Å². The molecule has 0 radical (unpaired) electrons. The zero-order valence-electron chi connectivity index (χ0n) is 18.4. The Morgan fingerprint density at radius 3 is 2.43 bits per heavy atom.